The van der Waals surface area contributed by atoms with Gasteiger partial charge in [-0.25, -0.2) is 0 Å². The van der Waals surface area contributed by atoms with Crippen molar-refractivity contribution in [2.45, 2.75) is 36.0 Å². The predicted molar refractivity (Wildman–Crippen MR) is 120 cm³/mol. The van der Waals surface area contributed by atoms with Gasteiger partial charge in [0, 0.05) is 32.9 Å². The van der Waals surface area contributed by atoms with Crippen LogP contribution in [-0.4, -0.2) is 21.6 Å². The van der Waals surface area contributed by atoms with Crippen LogP contribution >= 0.6 is 11.8 Å². The van der Waals surface area contributed by atoms with Gasteiger partial charge in [0.15, 0.2) is 0 Å². The molecule has 7 heteroatoms. The Balaban J connectivity index is 1.68. The molecule has 3 aromatic rings. The van der Waals surface area contributed by atoms with Crippen LogP contribution in [0.2, 0.25) is 0 Å². The fourth-order valence-electron chi connectivity index (χ4n) is 3.95. The lowest BCUT2D eigenvalue weighted by molar-refractivity contribution is -0.384. The van der Waals surface area contributed by atoms with E-state index in [1.165, 1.54) is 19.1 Å². The van der Waals surface area contributed by atoms with Gasteiger partial charge in [-0.05, 0) is 59.5 Å². The molecule has 0 spiro atoms. The number of carbonyl (C=O) groups is 1. The molecule has 156 valence electrons. The lowest BCUT2D eigenvalue weighted by atomic mass is 9.81. The van der Waals surface area contributed by atoms with Crippen LogP contribution in [0.3, 0.4) is 0 Å². The number of benzene rings is 3. The fraction of sp³-hybridized carbons (Fsp3) is 0.167. The van der Waals surface area contributed by atoms with Gasteiger partial charge in [0.25, 0.3) is 5.69 Å². The maximum atomic E-state index is 12.4. The maximum Gasteiger partial charge on any atom is 0.269 e. The molecule has 0 radical (unpaired) electrons. The van der Waals surface area contributed by atoms with E-state index < -0.39 is 4.92 Å². The lowest BCUT2D eigenvalue weighted by Crippen LogP contribution is -2.17. The summed E-state index contributed by atoms with van der Waals surface area (Å²) in [7, 11) is 0. The number of nitro groups is 1. The number of ketones is 1. The average Bonchev–Trinajstić information content (AvgIpc) is 2.99. The maximum absolute atomic E-state index is 12.4. The van der Waals surface area contributed by atoms with Crippen LogP contribution in [0.4, 0.5) is 5.69 Å². The van der Waals surface area contributed by atoms with Crippen LogP contribution < -0.4 is 0 Å². The molecule has 0 heterocycles. The van der Waals surface area contributed by atoms with Gasteiger partial charge in [0.2, 0.25) is 5.78 Å². The third-order valence-electron chi connectivity index (χ3n) is 5.67. The molecule has 0 atom stereocenters. The molecule has 4 rings (SSSR count). The van der Waals surface area contributed by atoms with E-state index in [2.05, 4.69) is 31.1 Å². The number of hydrogen-bond acceptors (Lipinski definition) is 6. The van der Waals surface area contributed by atoms with Gasteiger partial charge in [-0.1, -0.05) is 49.0 Å². The van der Waals surface area contributed by atoms with E-state index in [0.29, 0.717) is 5.56 Å². The minimum atomic E-state index is -0.406. The standard InChI is InChI=1S/C24H20N2O4S/c1-14(25-28)23(27)15-4-10-19-20-11-9-18(13-22(20)24(2,3)21(19)12-15)31-17-7-5-16(6-8-17)26(29)30/h4-13,28H,1-3H3. The monoisotopic (exact) mass is 432 g/mol. The molecule has 3 aromatic carbocycles. The molecule has 0 bridgehead atoms. The molecule has 1 N–H and O–H groups in total. The van der Waals surface area contributed by atoms with E-state index in [1.54, 1.807) is 30.0 Å². The summed E-state index contributed by atoms with van der Waals surface area (Å²) < 4.78 is 0. The molecular formula is C24H20N2O4S. The highest BCUT2D eigenvalue weighted by Crippen LogP contribution is 2.50. The summed E-state index contributed by atoms with van der Waals surface area (Å²) in [6.45, 7) is 5.73. The van der Waals surface area contributed by atoms with E-state index >= 15 is 0 Å². The molecule has 0 unspecified atom stereocenters. The Kier molecular flexibility index (Phi) is 5.15. The largest absolute Gasteiger partial charge is 0.411 e. The summed E-state index contributed by atoms with van der Waals surface area (Å²) in [5.41, 5.74) is 4.73. The normalized spacial score (nSPS) is 14.1. The van der Waals surface area contributed by atoms with E-state index in [1.807, 2.05) is 18.2 Å². The first-order valence-electron chi connectivity index (χ1n) is 9.67. The van der Waals surface area contributed by atoms with Gasteiger partial charge in [0.05, 0.1) is 4.92 Å². The van der Waals surface area contributed by atoms with Crippen molar-refractivity contribution < 1.29 is 14.9 Å². The number of oxime groups is 1. The highest BCUT2D eigenvalue weighted by molar-refractivity contribution is 7.99. The Labute approximate surface area is 183 Å². The Bertz CT molecular complexity index is 1250. The van der Waals surface area contributed by atoms with Crippen LogP contribution in [-0.2, 0) is 5.41 Å². The molecule has 0 saturated heterocycles. The van der Waals surface area contributed by atoms with Crippen LogP contribution in [0.15, 0.2) is 75.6 Å². The number of hydrogen-bond donors (Lipinski definition) is 1. The van der Waals surface area contributed by atoms with Crippen molar-refractivity contribution in [3.63, 3.8) is 0 Å². The Morgan fingerprint density at radius 1 is 0.968 bits per heavy atom. The first-order valence-corrected chi connectivity index (χ1v) is 10.5. The summed E-state index contributed by atoms with van der Waals surface area (Å²) in [5.74, 6) is -0.300. The Morgan fingerprint density at radius 2 is 1.55 bits per heavy atom. The van der Waals surface area contributed by atoms with Crippen LogP contribution in [0.1, 0.15) is 42.3 Å². The van der Waals surface area contributed by atoms with Gasteiger partial charge in [-0.15, -0.1) is 0 Å². The van der Waals surface area contributed by atoms with E-state index in [-0.39, 0.29) is 22.6 Å². The van der Waals surface area contributed by atoms with E-state index in [4.69, 9.17) is 5.21 Å². The molecule has 0 fully saturated rings. The van der Waals surface area contributed by atoms with Crippen molar-refractivity contribution in [3.05, 3.63) is 87.5 Å². The molecule has 1 aliphatic rings. The zero-order chi connectivity index (χ0) is 22.3. The van der Waals surface area contributed by atoms with Crippen molar-refractivity contribution >= 4 is 28.9 Å². The fourth-order valence-corrected chi connectivity index (χ4v) is 4.80. The number of non-ortho nitro benzene ring substituents is 1. The first kappa shape index (κ1) is 20.8. The quantitative estimate of drug-likeness (QED) is 0.173. The van der Waals surface area contributed by atoms with Crippen LogP contribution in [0, 0.1) is 10.1 Å². The number of nitro benzene ring substituents is 1. The van der Waals surface area contributed by atoms with Crippen molar-refractivity contribution in [2.24, 2.45) is 5.16 Å². The molecule has 1 aliphatic carbocycles. The first-order chi connectivity index (χ1) is 14.7. The molecular weight excluding hydrogens is 412 g/mol. The van der Waals surface area contributed by atoms with Crippen molar-refractivity contribution in [3.8, 4) is 11.1 Å². The average molecular weight is 433 g/mol. The SMILES string of the molecule is CC(=NO)C(=O)c1ccc2c(c1)C(C)(C)c1cc(Sc3ccc([N+](=O)[O-])cc3)ccc1-2. The van der Waals surface area contributed by atoms with Crippen LogP contribution in [0.5, 0.6) is 0 Å². The zero-order valence-corrected chi connectivity index (χ0v) is 18.1. The number of nitrogens with zero attached hydrogens (tertiary/aromatic N) is 2. The number of fused-ring (bicyclic) bond motifs is 3. The summed E-state index contributed by atoms with van der Waals surface area (Å²) in [6.07, 6.45) is 0. The Hall–Kier alpha value is -3.45. The zero-order valence-electron chi connectivity index (χ0n) is 17.2. The van der Waals surface area contributed by atoms with E-state index in [9.17, 15) is 14.9 Å². The van der Waals surface area contributed by atoms with Crippen molar-refractivity contribution in [1.29, 1.82) is 0 Å². The molecule has 6 nitrogen and oxygen atoms in total. The third kappa shape index (κ3) is 3.61. The summed E-state index contributed by atoms with van der Waals surface area (Å²) >= 11 is 1.55. The molecule has 0 aromatic heterocycles. The highest BCUT2D eigenvalue weighted by atomic mass is 32.2. The third-order valence-corrected chi connectivity index (χ3v) is 6.67. The van der Waals surface area contributed by atoms with Gasteiger partial charge >= 0.3 is 0 Å². The summed E-state index contributed by atoms with van der Waals surface area (Å²) in [6, 6.07) is 18.4. The van der Waals surface area contributed by atoms with Gasteiger partial charge in [-0.3, -0.25) is 14.9 Å². The van der Waals surface area contributed by atoms with Crippen LogP contribution in [0.25, 0.3) is 11.1 Å². The summed E-state index contributed by atoms with van der Waals surface area (Å²) in [5, 5.41) is 22.8. The summed E-state index contributed by atoms with van der Waals surface area (Å²) in [4.78, 5) is 24.9. The van der Waals surface area contributed by atoms with Crippen molar-refractivity contribution in [2.75, 3.05) is 0 Å². The molecule has 0 amide bonds. The van der Waals surface area contributed by atoms with Gasteiger partial charge < -0.3 is 5.21 Å². The van der Waals surface area contributed by atoms with E-state index in [0.717, 1.165) is 32.0 Å². The molecule has 0 saturated carbocycles. The minimum Gasteiger partial charge on any atom is -0.411 e. The number of rotatable bonds is 5. The topological polar surface area (TPSA) is 92.8 Å². The van der Waals surface area contributed by atoms with Gasteiger partial charge in [-0.2, -0.15) is 0 Å². The second-order valence-corrected chi connectivity index (χ2v) is 9.11. The van der Waals surface area contributed by atoms with Gasteiger partial charge in [0.1, 0.15) is 5.71 Å². The number of carbonyl (C=O) groups excluding carboxylic acids is 1. The minimum absolute atomic E-state index is 0.0510. The smallest absolute Gasteiger partial charge is 0.269 e. The second kappa shape index (κ2) is 7.67. The number of Topliss-reactive ketones (excluding diaryl/α,β-unsaturated/α-hetero) is 1. The molecule has 0 aliphatic heterocycles. The lowest BCUT2D eigenvalue weighted by Gasteiger charge is -2.22. The second-order valence-electron chi connectivity index (χ2n) is 7.96. The highest BCUT2D eigenvalue weighted by Gasteiger charge is 2.36. The Morgan fingerprint density at radius 3 is 2.16 bits per heavy atom. The predicted octanol–water partition coefficient (Wildman–Crippen LogP) is 6.09. The van der Waals surface area contributed by atoms with Crippen molar-refractivity contribution in [1.82, 2.24) is 0 Å². The molecule has 31 heavy (non-hydrogen) atoms.